The molecule has 2 rings (SSSR count). The number of benzene rings is 1. The molecule has 1 fully saturated rings. The molecule has 0 aliphatic carbocycles. The third-order valence-electron chi connectivity index (χ3n) is 4.03. The minimum Gasteiger partial charge on any atom is -0.457 e. The van der Waals surface area contributed by atoms with Crippen LogP contribution in [0.4, 0.5) is 0 Å². The van der Waals surface area contributed by atoms with E-state index in [1.165, 1.54) is 7.11 Å². The molecule has 1 aromatic carbocycles. The maximum Gasteiger partial charge on any atom is 0.421 e. The van der Waals surface area contributed by atoms with Crippen LogP contribution in [0.1, 0.15) is 32.4 Å². The van der Waals surface area contributed by atoms with Crippen molar-refractivity contribution in [3.8, 4) is 0 Å². The Morgan fingerprint density at radius 1 is 1.32 bits per heavy atom. The highest BCUT2D eigenvalue weighted by Gasteiger charge is 2.49. The minimum atomic E-state index is -1.35. The zero-order valence-electron chi connectivity index (χ0n) is 16.3. The van der Waals surface area contributed by atoms with E-state index in [1.807, 2.05) is 0 Å². The first-order valence-corrected chi connectivity index (χ1v) is 8.82. The lowest BCUT2D eigenvalue weighted by Gasteiger charge is -2.23. The summed E-state index contributed by atoms with van der Waals surface area (Å²) in [6, 6.07) is 8.71. The summed E-state index contributed by atoms with van der Waals surface area (Å²) in [4.78, 5) is 28.0. The molecule has 1 aliphatic heterocycles. The molecule has 1 aromatic rings. The van der Waals surface area contributed by atoms with E-state index in [4.69, 9.17) is 23.7 Å². The van der Waals surface area contributed by atoms with Crippen molar-refractivity contribution in [3.05, 3.63) is 41.4 Å². The molecule has 0 N–H and O–H groups in total. The Labute approximate surface area is 163 Å². The van der Waals surface area contributed by atoms with Gasteiger partial charge in [-0.15, -0.1) is 0 Å². The van der Waals surface area contributed by atoms with Gasteiger partial charge in [0.1, 0.15) is 6.10 Å². The van der Waals surface area contributed by atoms with Crippen molar-refractivity contribution in [3.63, 3.8) is 0 Å². The first-order valence-electron chi connectivity index (χ1n) is 8.82. The fraction of sp³-hybridized carbons (Fsp3) is 0.526. The van der Waals surface area contributed by atoms with Crippen molar-refractivity contribution < 1.29 is 38.1 Å². The molecule has 0 saturated carbocycles. The third kappa shape index (κ3) is 5.24. The second-order valence-electron chi connectivity index (χ2n) is 6.46. The van der Waals surface area contributed by atoms with Gasteiger partial charge in [0.15, 0.2) is 11.9 Å². The van der Waals surface area contributed by atoms with Gasteiger partial charge in [-0.3, -0.25) is 0 Å². The van der Waals surface area contributed by atoms with Crippen LogP contribution in [0, 0.1) is 0 Å². The van der Waals surface area contributed by atoms with Gasteiger partial charge < -0.3 is 29.2 Å². The van der Waals surface area contributed by atoms with E-state index in [0.29, 0.717) is 5.56 Å². The lowest BCUT2D eigenvalue weighted by Crippen LogP contribution is -2.46. The summed E-state index contributed by atoms with van der Waals surface area (Å²) in [5.74, 6) is -2.66. The molecule has 152 valence electrons. The van der Waals surface area contributed by atoms with E-state index in [-0.39, 0.29) is 13.2 Å². The Morgan fingerprint density at radius 2 is 2.00 bits per heavy atom. The predicted octanol–water partition coefficient (Wildman–Crippen LogP) is 1.67. The normalized spacial score (nSPS) is 19.9. The van der Waals surface area contributed by atoms with Crippen LogP contribution in [0.5, 0.6) is 0 Å². The second-order valence-corrected chi connectivity index (χ2v) is 6.46. The van der Waals surface area contributed by atoms with E-state index in [0.717, 1.165) is 0 Å². The van der Waals surface area contributed by atoms with E-state index in [9.17, 15) is 15.1 Å². The average Bonchev–Trinajstić information content (AvgIpc) is 3.03. The van der Waals surface area contributed by atoms with Crippen LogP contribution in [0.25, 0.3) is 5.53 Å². The van der Waals surface area contributed by atoms with Gasteiger partial charge >= 0.3 is 17.7 Å². The zero-order valence-corrected chi connectivity index (χ0v) is 16.3. The number of esters is 2. The number of hydrogen-bond acceptors (Lipinski definition) is 7. The van der Waals surface area contributed by atoms with Crippen LogP contribution < -0.4 is 0 Å². The molecule has 9 heteroatoms. The summed E-state index contributed by atoms with van der Waals surface area (Å²) in [6.45, 7) is 5.02. The lowest BCUT2D eigenvalue weighted by molar-refractivity contribution is -0.176. The van der Waals surface area contributed by atoms with Gasteiger partial charge in [-0.25, -0.2) is 9.59 Å². The van der Waals surface area contributed by atoms with E-state index < -0.39 is 41.7 Å². The minimum absolute atomic E-state index is 0.0202. The van der Waals surface area contributed by atoms with Crippen LogP contribution >= 0.6 is 0 Å². The van der Waals surface area contributed by atoms with Crippen molar-refractivity contribution in [2.24, 2.45) is 0 Å². The Kier molecular flexibility index (Phi) is 7.42. The Bertz CT molecular complexity index is 744. The van der Waals surface area contributed by atoms with E-state index >= 15 is 0 Å². The Morgan fingerprint density at radius 3 is 2.50 bits per heavy atom. The van der Waals surface area contributed by atoms with Crippen LogP contribution in [-0.4, -0.2) is 60.8 Å². The molecular weight excluding hydrogens is 368 g/mol. The summed E-state index contributed by atoms with van der Waals surface area (Å²) < 4.78 is 26.8. The molecule has 0 amide bonds. The molecule has 1 aliphatic rings. The molecule has 0 unspecified atom stereocenters. The first-order chi connectivity index (χ1) is 13.3. The molecule has 0 spiro atoms. The Balaban J connectivity index is 2.29. The summed E-state index contributed by atoms with van der Waals surface area (Å²) in [5.41, 5.74) is 9.45. The fourth-order valence-corrected chi connectivity index (χ4v) is 2.77. The van der Waals surface area contributed by atoms with Gasteiger partial charge in [0, 0.05) is 7.11 Å². The first kappa shape index (κ1) is 21.7. The molecule has 0 bridgehead atoms. The fourth-order valence-electron chi connectivity index (χ4n) is 2.77. The molecule has 28 heavy (non-hydrogen) atoms. The average molecular weight is 392 g/mol. The predicted molar refractivity (Wildman–Crippen MR) is 96.2 cm³/mol. The van der Waals surface area contributed by atoms with Gasteiger partial charge in [0.05, 0.1) is 13.2 Å². The Hall–Kier alpha value is -2.58. The molecular formula is C19H24N2O7. The topological polar surface area (TPSA) is 117 Å². The second kappa shape index (κ2) is 9.57. The highest BCUT2D eigenvalue weighted by molar-refractivity contribution is 6.36. The largest absolute Gasteiger partial charge is 0.457 e. The van der Waals surface area contributed by atoms with Crippen LogP contribution in [-0.2, 0) is 33.3 Å². The number of carbonyl (C=O) groups is 2. The van der Waals surface area contributed by atoms with Gasteiger partial charge in [-0.1, -0.05) is 30.3 Å². The quantitative estimate of drug-likeness (QED) is 0.286. The maximum absolute atomic E-state index is 12.8. The third-order valence-corrected chi connectivity index (χ3v) is 4.03. The number of rotatable bonds is 8. The van der Waals surface area contributed by atoms with Gasteiger partial charge in [0.2, 0.25) is 6.10 Å². The highest BCUT2D eigenvalue weighted by atomic mass is 16.8. The van der Waals surface area contributed by atoms with Crippen molar-refractivity contribution in [1.82, 2.24) is 0 Å². The highest BCUT2D eigenvalue weighted by Crippen LogP contribution is 2.27. The van der Waals surface area contributed by atoms with Crippen LogP contribution in [0.2, 0.25) is 0 Å². The number of ether oxygens (including phenoxy) is 5. The van der Waals surface area contributed by atoms with Gasteiger partial charge in [-0.05, 0) is 26.3 Å². The molecule has 9 nitrogen and oxygen atoms in total. The standard InChI is InChI=1S/C19H24N2O7/c1-5-25-17(22)14(21-20)16(13-11-26-19(2,3)28-13)27-18(23)15(24-4)12-9-7-6-8-10-12/h6-10,13,15-16H,5,11H2,1-4H3/t13-,15-,16-/m1/s1. The van der Waals surface area contributed by atoms with Gasteiger partial charge in [0.25, 0.3) is 0 Å². The molecule has 0 aromatic heterocycles. The van der Waals surface area contributed by atoms with Crippen molar-refractivity contribution >= 4 is 17.7 Å². The van der Waals surface area contributed by atoms with Crippen LogP contribution in [0.15, 0.2) is 30.3 Å². The molecule has 0 radical (unpaired) electrons. The smallest absolute Gasteiger partial charge is 0.421 e. The van der Waals surface area contributed by atoms with Gasteiger partial charge in [-0.2, -0.15) is 4.79 Å². The van der Waals surface area contributed by atoms with Crippen LogP contribution in [0.3, 0.4) is 0 Å². The van der Waals surface area contributed by atoms with E-state index in [1.54, 1.807) is 51.1 Å². The summed E-state index contributed by atoms with van der Waals surface area (Å²) >= 11 is 0. The number of carbonyl (C=O) groups excluding carboxylic acids is 2. The summed E-state index contributed by atoms with van der Waals surface area (Å²) in [7, 11) is 1.36. The molecule has 1 saturated heterocycles. The molecule has 3 atom stereocenters. The number of hydrogen-bond donors (Lipinski definition) is 0. The maximum atomic E-state index is 12.8. The van der Waals surface area contributed by atoms with Crippen molar-refractivity contribution in [2.75, 3.05) is 20.3 Å². The number of nitrogens with zero attached hydrogens (tertiary/aromatic N) is 2. The summed E-state index contributed by atoms with van der Waals surface area (Å²) in [5, 5.41) is 0. The molecule has 1 heterocycles. The van der Waals surface area contributed by atoms with Crippen molar-refractivity contribution in [1.29, 1.82) is 0 Å². The van der Waals surface area contributed by atoms with E-state index in [2.05, 4.69) is 4.79 Å². The summed E-state index contributed by atoms with van der Waals surface area (Å²) in [6.07, 6.45) is -3.26. The SMILES string of the molecule is CCOC(=O)C(=[N+]=[N-])[C@H](OC(=O)[C@H](OC)c1ccccc1)[C@H]1COC(C)(C)O1. The zero-order chi connectivity index (χ0) is 20.7. The van der Waals surface area contributed by atoms with Crippen molar-refractivity contribution in [2.45, 2.75) is 44.9 Å². The number of methoxy groups -OCH3 is 1. The lowest BCUT2D eigenvalue weighted by atomic mass is 10.1. The monoisotopic (exact) mass is 392 g/mol.